The molecular formula is C7H5F3N2O2. The van der Waals surface area contributed by atoms with Crippen LogP contribution in [-0.4, -0.2) is 23.4 Å². The van der Waals surface area contributed by atoms with Crippen molar-refractivity contribution < 1.29 is 22.7 Å². The second kappa shape index (κ2) is 3.60. The lowest BCUT2D eigenvalue weighted by atomic mass is 10.2. The first-order valence-corrected chi connectivity index (χ1v) is 3.42. The maximum Gasteiger partial charge on any atom is 0.434 e. The number of carbonyl (C=O) groups excluding carboxylic acids is 1. The smallest absolute Gasteiger partial charge is 0.434 e. The zero-order valence-corrected chi connectivity index (χ0v) is 7.00. The van der Waals surface area contributed by atoms with Gasteiger partial charge in [0.15, 0.2) is 12.0 Å². The maximum absolute atomic E-state index is 12.2. The molecule has 0 fully saturated rings. The predicted molar refractivity (Wildman–Crippen MR) is 39.0 cm³/mol. The lowest BCUT2D eigenvalue weighted by molar-refractivity contribution is -0.141. The van der Waals surface area contributed by atoms with Gasteiger partial charge in [-0.25, -0.2) is 9.97 Å². The van der Waals surface area contributed by atoms with Crippen molar-refractivity contribution in [3.8, 4) is 5.88 Å². The zero-order valence-electron chi connectivity index (χ0n) is 7.00. The van der Waals surface area contributed by atoms with Gasteiger partial charge in [0.2, 0.25) is 5.88 Å². The summed E-state index contributed by atoms with van der Waals surface area (Å²) in [6.45, 7) is 0. The van der Waals surface area contributed by atoms with Crippen LogP contribution in [0, 0.1) is 0 Å². The minimum atomic E-state index is -4.69. The number of rotatable bonds is 2. The molecule has 0 aromatic carbocycles. The van der Waals surface area contributed by atoms with E-state index in [1.54, 1.807) is 0 Å². The predicted octanol–water partition coefficient (Wildman–Crippen LogP) is 1.32. The molecule has 0 amide bonds. The highest BCUT2D eigenvalue weighted by molar-refractivity contribution is 5.80. The van der Waals surface area contributed by atoms with Crippen LogP contribution >= 0.6 is 0 Å². The number of aldehydes is 1. The average Bonchev–Trinajstić information content (AvgIpc) is 2.15. The number of halogens is 3. The lowest BCUT2D eigenvalue weighted by Crippen LogP contribution is -2.13. The van der Waals surface area contributed by atoms with Gasteiger partial charge in [0, 0.05) is 0 Å². The molecule has 76 valence electrons. The maximum atomic E-state index is 12.2. The van der Waals surface area contributed by atoms with E-state index in [9.17, 15) is 18.0 Å². The third kappa shape index (κ3) is 1.81. The molecule has 0 radical (unpaired) electrons. The molecule has 0 bridgehead atoms. The Labute approximate surface area is 76.7 Å². The van der Waals surface area contributed by atoms with Crippen molar-refractivity contribution in [2.45, 2.75) is 6.18 Å². The molecule has 14 heavy (non-hydrogen) atoms. The van der Waals surface area contributed by atoms with Crippen LogP contribution in [0.25, 0.3) is 0 Å². The second-order valence-electron chi connectivity index (χ2n) is 2.26. The molecule has 0 N–H and O–H groups in total. The van der Waals surface area contributed by atoms with Crippen LogP contribution in [0.3, 0.4) is 0 Å². The summed E-state index contributed by atoms with van der Waals surface area (Å²) in [4.78, 5) is 16.8. The van der Waals surface area contributed by atoms with Crippen molar-refractivity contribution in [2.75, 3.05) is 7.11 Å². The van der Waals surface area contributed by atoms with E-state index in [2.05, 4.69) is 14.7 Å². The van der Waals surface area contributed by atoms with Gasteiger partial charge >= 0.3 is 6.18 Å². The van der Waals surface area contributed by atoms with Crippen LogP contribution in [0.2, 0.25) is 0 Å². The van der Waals surface area contributed by atoms with E-state index in [1.165, 1.54) is 0 Å². The Kier molecular flexibility index (Phi) is 2.68. The lowest BCUT2D eigenvalue weighted by Gasteiger charge is -2.09. The Morgan fingerprint density at radius 3 is 2.50 bits per heavy atom. The number of carbonyl (C=O) groups is 1. The summed E-state index contributed by atoms with van der Waals surface area (Å²) in [5.74, 6) is -0.387. The molecule has 0 atom stereocenters. The molecule has 0 spiro atoms. The van der Waals surface area contributed by atoms with E-state index in [0.717, 1.165) is 7.11 Å². The number of alkyl halides is 3. The van der Waals surface area contributed by atoms with E-state index >= 15 is 0 Å². The molecule has 0 aliphatic heterocycles. The molecule has 1 aromatic heterocycles. The van der Waals surface area contributed by atoms with E-state index in [1.807, 2.05) is 0 Å². The average molecular weight is 206 g/mol. The number of methoxy groups -OCH3 is 1. The Hall–Kier alpha value is -1.66. The Balaban J connectivity index is 3.37. The van der Waals surface area contributed by atoms with Gasteiger partial charge in [-0.1, -0.05) is 0 Å². The quantitative estimate of drug-likeness (QED) is 0.684. The summed E-state index contributed by atoms with van der Waals surface area (Å²) in [7, 11) is 1.12. The minimum Gasteiger partial charge on any atom is -0.480 e. The molecule has 4 nitrogen and oxygen atoms in total. The highest BCUT2D eigenvalue weighted by atomic mass is 19.4. The van der Waals surface area contributed by atoms with Crippen LogP contribution in [-0.2, 0) is 6.18 Å². The fourth-order valence-electron chi connectivity index (χ4n) is 0.874. The number of hydrogen-bond donors (Lipinski definition) is 0. The van der Waals surface area contributed by atoms with Crippen molar-refractivity contribution in [2.24, 2.45) is 0 Å². The standard InChI is InChI=1S/C7H5F3N2O2/c1-14-6-4(2-13)5(7(8,9)10)11-3-12-6/h2-3H,1H3. The number of hydrogen-bond acceptors (Lipinski definition) is 4. The van der Waals surface area contributed by atoms with Crippen LogP contribution in [0.15, 0.2) is 6.33 Å². The van der Waals surface area contributed by atoms with E-state index in [0.29, 0.717) is 6.33 Å². The van der Waals surface area contributed by atoms with Crippen LogP contribution in [0.4, 0.5) is 13.2 Å². The largest absolute Gasteiger partial charge is 0.480 e. The number of ether oxygens (including phenoxy) is 1. The second-order valence-corrected chi connectivity index (χ2v) is 2.26. The van der Waals surface area contributed by atoms with Crippen molar-refractivity contribution in [1.82, 2.24) is 9.97 Å². The Morgan fingerprint density at radius 2 is 2.07 bits per heavy atom. The summed E-state index contributed by atoms with van der Waals surface area (Å²) < 4.78 is 41.2. The zero-order chi connectivity index (χ0) is 10.8. The normalized spacial score (nSPS) is 11.1. The Bertz CT molecular complexity index is 351. The van der Waals surface area contributed by atoms with Crippen molar-refractivity contribution in [3.05, 3.63) is 17.6 Å². The fourth-order valence-corrected chi connectivity index (χ4v) is 0.874. The molecule has 0 saturated carbocycles. The van der Waals surface area contributed by atoms with Gasteiger partial charge in [-0.05, 0) is 0 Å². The topological polar surface area (TPSA) is 52.1 Å². The SMILES string of the molecule is COc1ncnc(C(F)(F)F)c1C=O. The van der Waals surface area contributed by atoms with E-state index in [-0.39, 0.29) is 12.2 Å². The first-order chi connectivity index (χ1) is 6.50. The first-order valence-electron chi connectivity index (χ1n) is 3.42. The van der Waals surface area contributed by atoms with Crippen LogP contribution in [0.5, 0.6) is 5.88 Å². The van der Waals surface area contributed by atoms with E-state index < -0.39 is 17.4 Å². The monoisotopic (exact) mass is 206 g/mol. The molecule has 0 aliphatic rings. The summed E-state index contributed by atoms with van der Waals surface area (Å²) >= 11 is 0. The third-order valence-corrected chi connectivity index (χ3v) is 1.43. The first kappa shape index (κ1) is 10.4. The number of nitrogens with zero attached hydrogens (tertiary/aromatic N) is 2. The van der Waals surface area contributed by atoms with E-state index in [4.69, 9.17) is 0 Å². The van der Waals surface area contributed by atoms with Crippen molar-refractivity contribution in [3.63, 3.8) is 0 Å². The third-order valence-electron chi connectivity index (χ3n) is 1.43. The van der Waals surface area contributed by atoms with Gasteiger partial charge in [0.25, 0.3) is 0 Å². The number of aromatic nitrogens is 2. The fraction of sp³-hybridized carbons (Fsp3) is 0.286. The van der Waals surface area contributed by atoms with Crippen molar-refractivity contribution in [1.29, 1.82) is 0 Å². The van der Waals surface area contributed by atoms with Gasteiger partial charge in [0.1, 0.15) is 11.9 Å². The molecule has 1 aromatic rings. The van der Waals surface area contributed by atoms with Gasteiger partial charge in [-0.15, -0.1) is 0 Å². The summed E-state index contributed by atoms with van der Waals surface area (Å²) in [6, 6.07) is 0. The van der Waals surface area contributed by atoms with Gasteiger partial charge in [-0.2, -0.15) is 13.2 Å². The van der Waals surface area contributed by atoms with Gasteiger partial charge in [0.05, 0.1) is 7.11 Å². The molecule has 1 heterocycles. The molecule has 0 unspecified atom stereocenters. The summed E-state index contributed by atoms with van der Waals surface area (Å²) in [6.07, 6.45) is -3.98. The molecule has 7 heteroatoms. The minimum absolute atomic E-state index is 0.0155. The highest BCUT2D eigenvalue weighted by Gasteiger charge is 2.37. The molecular weight excluding hydrogens is 201 g/mol. The van der Waals surface area contributed by atoms with Crippen molar-refractivity contribution >= 4 is 6.29 Å². The summed E-state index contributed by atoms with van der Waals surface area (Å²) in [5, 5.41) is 0. The molecule has 0 aliphatic carbocycles. The Morgan fingerprint density at radius 1 is 1.43 bits per heavy atom. The molecule has 1 rings (SSSR count). The molecule has 0 saturated heterocycles. The summed E-state index contributed by atoms with van der Waals surface area (Å²) in [5.41, 5.74) is -1.98. The van der Waals surface area contributed by atoms with Gasteiger partial charge in [-0.3, -0.25) is 4.79 Å². The highest BCUT2D eigenvalue weighted by Crippen LogP contribution is 2.31. The van der Waals surface area contributed by atoms with Crippen LogP contribution in [0.1, 0.15) is 16.1 Å². The van der Waals surface area contributed by atoms with Crippen LogP contribution < -0.4 is 4.74 Å². The van der Waals surface area contributed by atoms with Gasteiger partial charge < -0.3 is 4.74 Å².